The van der Waals surface area contributed by atoms with Crippen molar-refractivity contribution in [3.63, 3.8) is 0 Å². The van der Waals surface area contributed by atoms with E-state index in [2.05, 4.69) is 10.5 Å². The van der Waals surface area contributed by atoms with Gasteiger partial charge >= 0.3 is 0 Å². The summed E-state index contributed by atoms with van der Waals surface area (Å²) in [6, 6.07) is 10.2. The van der Waals surface area contributed by atoms with Crippen LogP contribution in [0, 0.1) is 0 Å². The van der Waals surface area contributed by atoms with Crippen LogP contribution in [0.2, 0.25) is 0 Å². The molecule has 0 aliphatic carbocycles. The van der Waals surface area contributed by atoms with Crippen molar-refractivity contribution in [3.8, 4) is 0 Å². The zero-order chi connectivity index (χ0) is 10.4. The van der Waals surface area contributed by atoms with Gasteiger partial charge < -0.3 is 16.3 Å². The largest absolute Gasteiger partial charge is 0.409 e. The van der Waals surface area contributed by atoms with E-state index in [9.17, 15) is 0 Å². The van der Waals surface area contributed by atoms with Gasteiger partial charge in [0.15, 0.2) is 5.84 Å². The molecule has 14 heavy (non-hydrogen) atoms. The van der Waals surface area contributed by atoms with Crippen molar-refractivity contribution in [1.29, 1.82) is 0 Å². The number of rotatable bonds is 4. The molecule has 4 nitrogen and oxygen atoms in total. The van der Waals surface area contributed by atoms with Crippen molar-refractivity contribution in [2.75, 3.05) is 6.54 Å². The predicted octanol–water partition coefficient (Wildman–Crippen LogP) is 1.08. The average Bonchev–Trinajstić information content (AvgIpc) is 2.26. The van der Waals surface area contributed by atoms with Gasteiger partial charge in [-0.05, 0) is 12.5 Å². The minimum absolute atomic E-state index is 0.188. The lowest BCUT2D eigenvalue weighted by Crippen LogP contribution is -2.30. The van der Waals surface area contributed by atoms with Crippen molar-refractivity contribution in [2.24, 2.45) is 10.9 Å². The Morgan fingerprint density at radius 2 is 2.14 bits per heavy atom. The van der Waals surface area contributed by atoms with Crippen LogP contribution in [-0.4, -0.2) is 17.6 Å². The first-order chi connectivity index (χ1) is 6.74. The number of hydrogen-bond donors (Lipinski definition) is 3. The number of nitrogens with two attached hydrogens (primary N) is 1. The van der Waals surface area contributed by atoms with Crippen LogP contribution >= 0.6 is 0 Å². The molecule has 0 fully saturated rings. The number of benzene rings is 1. The second-order valence-electron chi connectivity index (χ2n) is 3.10. The van der Waals surface area contributed by atoms with Crippen LogP contribution in [0.4, 0.5) is 0 Å². The van der Waals surface area contributed by atoms with Gasteiger partial charge in [0.05, 0.1) is 6.54 Å². The lowest BCUT2D eigenvalue weighted by Gasteiger charge is -2.13. The highest BCUT2D eigenvalue weighted by molar-refractivity contribution is 5.81. The van der Waals surface area contributed by atoms with Crippen molar-refractivity contribution in [3.05, 3.63) is 35.9 Å². The maximum atomic E-state index is 8.34. The quantitative estimate of drug-likeness (QED) is 0.290. The average molecular weight is 193 g/mol. The minimum atomic E-state index is 0.188. The first-order valence-corrected chi connectivity index (χ1v) is 4.48. The molecule has 0 saturated heterocycles. The molecular formula is C10H15N3O. The molecule has 0 saturated carbocycles. The van der Waals surface area contributed by atoms with E-state index in [4.69, 9.17) is 10.9 Å². The predicted molar refractivity (Wildman–Crippen MR) is 56.3 cm³/mol. The van der Waals surface area contributed by atoms with E-state index in [0.29, 0.717) is 6.54 Å². The van der Waals surface area contributed by atoms with Crippen LogP contribution in [0.1, 0.15) is 18.5 Å². The minimum Gasteiger partial charge on any atom is -0.409 e. The summed E-state index contributed by atoms with van der Waals surface area (Å²) in [6.45, 7) is 2.41. The van der Waals surface area contributed by atoms with Crippen molar-refractivity contribution in [2.45, 2.75) is 13.0 Å². The molecule has 0 amide bonds. The molecule has 1 aromatic rings. The molecular weight excluding hydrogens is 178 g/mol. The van der Waals surface area contributed by atoms with Crippen molar-refractivity contribution < 1.29 is 5.21 Å². The molecule has 0 spiro atoms. The maximum Gasteiger partial charge on any atom is 0.153 e. The standard InChI is InChI=1S/C10H15N3O/c1-8(12-7-10(11)13-14)9-5-3-2-4-6-9/h2-6,8,12,14H,7H2,1H3,(H2,11,13)/t8-/m1/s1. The summed E-state index contributed by atoms with van der Waals surface area (Å²) in [6.07, 6.45) is 0. The summed E-state index contributed by atoms with van der Waals surface area (Å²) < 4.78 is 0. The summed E-state index contributed by atoms with van der Waals surface area (Å²) in [5.41, 5.74) is 6.52. The Hall–Kier alpha value is -1.55. The maximum absolute atomic E-state index is 8.34. The molecule has 0 aliphatic rings. The molecule has 0 aliphatic heterocycles. The first-order valence-electron chi connectivity index (χ1n) is 4.48. The molecule has 0 bridgehead atoms. The molecule has 0 aromatic heterocycles. The van der Waals surface area contributed by atoms with Gasteiger partial charge in [0.25, 0.3) is 0 Å². The summed E-state index contributed by atoms with van der Waals surface area (Å²) in [4.78, 5) is 0. The highest BCUT2D eigenvalue weighted by Gasteiger charge is 2.03. The second-order valence-corrected chi connectivity index (χ2v) is 3.10. The Labute approximate surface area is 83.4 Å². The normalized spacial score (nSPS) is 13.9. The molecule has 76 valence electrons. The smallest absolute Gasteiger partial charge is 0.153 e. The molecule has 0 heterocycles. The summed E-state index contributed by atoms with van der Waals surface area (Å²) in [5.74, 6) is 0.188. The van der Waals surface area contributed by atoms with E-state index in [1.807, 2.05) is 37.3 Å². The lowest BCUT2D eigenvalue weighted by atomic mass is 10.1. The third-order valence-electron chi connectivity index (χ3n) is 2.02. The fourth-order valence-electron chi connectivity index (χ4n) is 1.15. The van der Waals surface area contributed by atoms with Gasteiger partial charge in [-0.1, -0.05) is 35.5 Å². The van der Waals surface area contributed by atoms with Gasteiger partial charge in [-0.25, -0.2) is 0 Å². The Morgan fingerprint density at radius 1 is 1.50 bits per heavy atom. The Balaban J connectivity index is 2.47. The van der Waals surface area contributed by atoms with Crippen LogP contribution in [0.25, 0.3) is 0 Å². The molecule has 1 aromatic carbocycles. The van der Waals surface area contributed by atoms with Crippen LogP contribution in [0.15, 0.2) is 35.5 Å². The van der Waals surface area contributed by atoms with Gasteiger partial charge in [-0.2, -0.15) is 0 Å². The fraction of sp³-hybridized carbons (Fsp3) is 0.300. The summed E-state index contributed by atoms with van der Waals surface area (Å²) in [7, 11) is 0. The molecule has 4 N–H and O–H groups in total. The van der Waals surface area contributed by atoms with Crippen molar-refractivity contribution in [1.82, 2.24) is 5.32 Å². The first kappa shape index (κ1) is 10.5. The number of nitrogens with one attached hydrogen (secondary N) is 1. The Bertz CT molecular complexity index is 297. The third-order valence-corrected chi connectivity index (χ3v) is 2.02. The van der Waals surface area contributed by atoms with Crippen molar-refractivity contribution >= 4 is 5.84 Å². The zero-order valence-corrected chi connectivity index (χ0v) is 8.14. The van der Waals surface area contributed by atoms with Crippen LogP contribution in [0.5, 0.6) is 0 Å². The number of hydrogen-bond acceptors (Lipinski definition) is 3. The molecule has 1 rings (SSSR count). The summed E-state index contributed by atoms with van der Waals surface area (Å²) in [5, 5.41) is 14.4. The topological polar surface area (TPSA) is 70.6 Å². The van der Waals surface area contributed by atoms with E-state index < -0.39 is 0 Å². The Morgan fingerprint density at radius 3 is 2.71 bits per heavy atom. The molecule has 0 unspecified atom stereocenters. The van der Waals surface area contributed by atoms with E-state index in [0.717, 1.165) is 0 Å². The number of amidine groups is 1. The van der Waals surface area contributed by atoms with Gasteiger partial charge in [0.2, 0.25) is 0 Å². The van der Waals surface area contributed by atoms with Crippen LogP contribution < -0.4 is 11.1 Å². The highest BCUT2D eigenvalue weighted by Crippen LogP contribution is 2.10. The number of oxime groups is 1. The van der Waals surface area contributed by atoms with Crippen LogP contribution in [-0.2, 0) is 0 Å². The van der Waals surface area contributed by atoms with Gasteiger partial charge in [-0.3, -0.25) is 0 Å². The third kappa shape index (κ3) is 3.06. The lowest BCUT2D eigenvalue weighted by molar-refractivity contribution is 0.316. The fourth-order valence-corrected chi connectivity index (χ4v) is 1.15. The van der Waals surface area contributed by atoms with E-state index in [1.165, 1.54) is 5.56 Å². The van der Waals surface area contributed by atoms with E-state index in [1.54, 1.807) is 0 Å². The van der Waals surface area contributed by atoms with E-state index >= 15 is 0 Å². The number of nitrogens with zero attached hydrogens (tertiary/aromatic N) is 1. The summed E-state index contributed by atoms with van der Waals surface area (Å²) >= 11 is 0. The molecule has 4 heteroatoms. The Kier molecular flexibility index (Phi) is 3.94. The SMILES string of the molecule is C[C@@H](NCC(N)=NO)c1ccccc1. The van der Waals surface area contributed by atoms with E-state index in [-0.39, 0.29) is 11.9 Å². The van der Waals surface area contributed by atoms with Gasteiger partial charge in [0, 0.05) is 6.04 Å². The second kappa shape index (κ2) is 5.24. The zero-order valence-electron chi connectivity index (χ0n) is 8.14. The molecule has 1 atom stereocenters. The highest BCUT2D eigenvalue weighted by atomic mass is 16.4. The van der Waals surface area contributed by atoms with Gasteiger partial charge in [-0.15, -0.1) is 0 Å². The van der Waals surface area contributed by atoms with Crippen LogP contribution in [0.3, 0.4) is 0 Å². The van der Waals surface area contributed by atoms with Gasteiger partial charge in [0.1, 0.15) is 0 Å². The monoisotopic (exact) mass is 193 g/mol. The molecule has 0 radical (unpaired) electrons.